The molecule has 0 amide bonds. The van der Waals surface area contributed by atoms with E-state index in [1.165, 1.54) is 38.5 Å². The minimum absolute atomic E-state index is 0.537. The van der Waals surface area contributed by atoms with Gasteiger partial charge in [-0.25, -0.2) is 9.97 Å². The third-order valence-electron chi connectivity index (χ3n) is 4.42. The Morgan fingerprint density at radius 3 is 2.29 bits per heavy atom. The highest BCUT2D eigenvalue weighted by Gasteiger charge is 2.37. The first-order valence-electron chi connectivity index (χ1n) is 6.51. The number of hydrogen-bond acceptors (Lipinski definition) is 3. The first kappa shape index (κ1) is 11.3. The molecular weight excluding hydrogens is 234 g/mol. The number of aromatic nitrogens is 2. The van der Waals surface area contributed by atoms with Crippen molar-refractivity contribution in [2.24, 2.45) is 5.41 Å². The second-order valence-corrected chi connectivity index (χ2v) is 5.72. The first-order chi connectivity index (χ1) is 8.29. The minimum atomic E-state index is 0.537. The number of nitrogens with zero attached hydrogens (tertiary/aromatic N) is 3. The topological polar surface area (TPSA) is 29.0 Å². The summed E-state index contributed by atoms with van der Waals surface area (Å²) in [5.41, 5.74) is 0.644. The van der Waals surface area contributed by atoms with Gasteiger partial charge in [0.2, 0.25) is 0 Å². The molecule has 0 atom stereocenters. The quantitative estimate of drug-likeness (QED) is 0.767. The van der Waals surface area contributed by atoms with E-state index in [2.05, 4.69) is 14.9 Å². The molecule has 2 aliphatic rings. The second kappa shape index (κ2) is 4.45. The molecule has 17 heavy (non-hydrogen) atoms. The van der Waals surface area contributed by atoms with Crippen molar-refractivity contribution in [3.8, 4) is 0 Å². The zero-order valence-corrected chi connectivity index (χ0v) is 10.8. The highest BCUT2D eigenvalue weighted by Crippen LogP contribution is 2.46. The van der Waals surface area contributed by atoms with E-state index in [9.17, 15) is 0 Å². The summed E-state index contributed by atoms with van der Waals surface area (Å²) in [6, 6.07) is 0. The maximum atomic E-state index is 6.09. The molecule has 1 spiro atoms. The second-order valence-electron chi connectivity index (χ2n) is 5.36. The SMILES string of the molecule is Clc1nccnc1N1CCC2(CCCC2)CC1. The predicted molar refractivity (Wildman–Crippen MR) is 69.4 cm³/mol. The lowest BCUT2D eigenvalue weighted by atomic mass is 9.77. The van der Waals surface area contributed by atoms with Crippen molar-refractivity contribution in [2.45, 2.75) is 38.5 Å². The summed E-state index contributed by atoms with van der Waals surface area (Å²) in [6.45, 7) is 2.16. The van der Waals surface area contributed by atoms with Crippen LogP contribution in [0.5, 0.6) is 0 Å². The molecule has 0 bridgehead atoms. The van der Waals surface area contributed by atoms with E-state index in [4.69, 9.17) is 11.6 Å². The zero-order chi connectivity index (χ0) is 11.7. The molecule has 1 aromatic rings. The van der Waals surface area contributed by atoms with Crippen LogP contribution in [-0.4, -0.2) is 23.1 Å². The van der Waals surface area contributed by atoms with Gasteiger partial charge in [0.25, 0.3) is 0 Å². The molecule has 1 aliphatic carbocycles. The van der Waals surface area contributed by atoms with Crippen LogP contribution >= 0.6 is 11.6 Å². The Hall–Kier alpha value is -0.830. The largest absolute Gasteiger partial charge is 0.354 e. The van der Waals surface area contributed by atoms with Gasteiger partial charge < -0.3 is 4.90 Å². The summed E-state index contributed by atoms with van der Waals surface area (Å²) in [4.78, 5) is 10.7. The number of rotatable bonds is 1. The number of anilines is 1. The van der Waals surface area contributed by atoms with Crippen LogP contribution in [0, 0.1) is 5.41 Å². The lowest BCUT2D eigenvalue weighted by molar-refractivity contribution is 0.226. The molecule has 2 heterocycles. The summed E-state index contributed by atoms with van der Waals surface area (Å²) in [5, 5.41) is 0.537. The smallest absolute Gasteiger partial charge is 0.171 e. The van der Waals surface area contributed by atoms with E-state index in [0.717, 1.165) is 18.9 Å². The molecular formula is C13H18ClN3. The van der Waals surface area contributed by atoms with E-state index in [0.29, 0.717) is 10.6 Å². The maximum Gasteiger partial charge on any atom is 0.171 e. The van der Waals surface area contributed by atoms with Crippen LogP contribution in [0.3, 0.4) is 0 Å². The Kier molecular flexibility index (Phi) is 2.95. The van der Waals surface area contributed by atoms with Crippen LogP contribution in [0.15, 0.2) is 12.4 Å². The summed E-state index contributed by atoms with van der Waals surface area (Å²) >= 11 is 6.09. The summed E-state index contributed by atoms with van der Waals surface area (Å²) in [6.07, 6.45) is 11.6. The molecule has 1 aliphatic heterocycles. The van der Waals surface area contributed by atoms with Crippen LogP contribution in [0.4, 0.5) is 5.82 Å². The highest BCUT2D eigenvalue weighted by atomic mass is 35.5. The molecule has 0 aromatic carbocycles. The lowest BCUT2D eigenvalue weighted by Gasteiger charge is -2.39. The average molecular weight is 252 g/mol. The van der Waals surface area contributed by atoms with Gasteiger partial charge in [0.1, 0.15) is 0 Å². The van der Waals surface area contributed by atoms with Crippen molar-refractivity contribution >= 4 is 17.4 Å². The molecule has 1 saturated heterocycles. The molecule has 1 saturated carbocycles. The standard InChI is InChI=1S/C13H18ClN3/c14-11-12(16-8-7-15-11)17-9-5-13(6-10-17)3-1-2-4-13/h7-8H,1-6,9-10H2. The van der Waals surface area contributed by atoms with Crippen LogP contribution in [0.1, 0.15) is 38.5 Å². The lowest BCUT2D eigenvalue weighted by Crippen LogP contribution is -2.39. The zero-order valence-electron chi connectivity index (χ0n) is 10.0. The Bertz CT molecular complexity index is 391. The van der Waals surface area contributed by atoms with Gasteiger partial charge in [-0.1, -0.05) is 24.4 Å². The normalized spacial score (nSPS) is 23.2. The molecule has 0 N–H and O–H groups in total. The van der Waals surface area contributed by atoms with Crippen LogP contribution in [0.25, 0.3) is 0 Å². The third-order valence-corrected chi connectivity index (χ3v) is 4.69. The van der Waals surface area contributed by atoms with Gasteiger partial charge in [0.15, 0.2) is 11.0 Å². The summed E-state index contributed by atoms with van der Waals surface area (Å²) in [7, 11) is 0. The van der Waals surface area contributed by atoms with Crippen molar-refractivity contribution in [3.05, 3.63) is 17.5 Å². The molecule has 1 aromatic heterocycles. The molecule has 92 valence electrons. The predicted octanol–water partition coefficient (Wildman–Crippen LogP) is 3.29. The van der Waals surface area contributed by atoms with E-state index in [1.54, 1.807) is 12.4 Å². The van der Waals surface area contributed by atoms with Gasteiger partial charge in [0, 0.05) is 25.5 Å². The van der Waals surface area contributed by atoms with E-state index in [1.807, 2.05) is 0 Å². The van der Waals surface area contributed by atoms with Gasteiger partial charge in [-0.3, -0.25) is 0 Å². The molecule has 2 fully saturated rings. The number of halogens is 1. The Labute approximate surface area is 107 Å². The molecule has 3 rings (SSSR count). The Balaban J connectivity index is 1.71. The van der Waals surface area contributed by atoms with Gasteiger partial charge >= 0.3 is 0 Å². The fraction of sp³-hybridized carbons (Fsp3) is 0.692. The number of piperidine rings is 1. The van der Waals surface area contributed by atoms with Crippen LogP contribution < -0.4 is 4.90 Å². The first-order valence-corrected chi connectivity index (χ1v) is 6.88. The maximum absolute atomic E-state index is 6.09. The molecule has 0 radical (unpaired) electrons. The van der Waals surface area contributed by atoms with E-state index in [-0.39, 0.29) is 0 Å². The minimum Gasteiger partial charge on any atom is -0.354 e. The Morgan fingerprint density at radius 2 is 1.65 bits per heavy atom. The van der Waals surface area contributed by atoms with Gasteiger partial charge in [-0.15, -0.1) is 0 Å². The van der Waals surface area contributed by atoms with Crippen molar-refractivity contribution < 1.29 is 0 Å². The van der Waals surface area contributed by atoms with Gasteiger partial charge in [-0.2, -0.15) is 0 Å². The Morgan fingerprint density at radius 1 is 1.00 bits per heavy atom. The molecule has 0 unspecified atom stereocenters. The van der Waals surface area contributed by atoms with Crippen molar-refractivity contribution in [1.82, 2.24) is 9.97 Å². The fourth-order valence-corrected chi connectivity index (χ4v) is 3.57. The number of hydrogen-bond donors (Lipinski definition) is 0. The average Bonchev–Trinajstić information content (AvgIpc) is 2.80. The van der Waals surface area contributed by atoms with Gasteiger partial charge in [-0.05, 0) is 31.1 Å². The van der Waals surface area contributed by atoms with Gasteiger partial charge in [0.05, 0.1) is 0 Å². The van der Waals surface area contributed by atoms with Crippen molar-refractivity contribution in [1.29, 1.82) is 0 Å². The fourth-order valence-electron chi connectivity index (χ4n) is 3.34. The van der Waals surface area contributed by atoms with Crippen LogP contribution in [-0.2, 0) is 0 Å². The monoisotopic (exact) mass is 251 g/mol. The summed E-state index contributed by atoms with van der Waals surface area (Å²) < 4.78 is 0. The van der Waals surface area contributed by atoms with E-state index < -0.39 is 0 Å². The van der Waals surface area contributed by atoms with Crippen LogP contribution in [0.2, 0.25) is 5.15 Å². The summed E-state index contributed by atoms with van der Waals surface area (Å²) in [5.74, 6) is 0.863. The molecule has 3 nitrogen and oxygen atoms in total. The third kappa shape index (κ3) is 2.13. The highest BCUT2D eigenvalue weighted by molar-refractivity contribution is 6.31. The molecule has 4 heteroatoms. The van der Waals surface area contributed by atoms with E-state index >= 15 is 0 Å². The van der Waals surface area contributed by atoms with Crippen molar-refractivity contribution in [2.75, 3.05) is 18.0 Å². The van der Waals surface area contributed by atoms with Crippen molar-refractivity contribution in [3.63, 3.8) is 0 Å².